The molecule has 0 spiro atoms. The van der Waals surface area contributed by atoms with Crippen LogP contribution in [0.25, 0.3) is 0 Å². The molecule has 0 aliphatic rings. The first-order valence-corrected chi connectivity index (χ1v) is 6.12. The van der Waals surface area contributed by atoms with Crippen molar-refractivity contribution in [3.05, 3.63) is 59.2 Å². The van der Waals surface area contributed by atoms with E-state index in [-0.39, 0.29) is 12.4 Å². The fourth-order valence-corrected chi connectivity index (χ4v) is 2.02. The molecule has 0 radical (unpaired) electrons. The van der Waals surface area contributed by atoms with Crippen LogP contribution in [0.2, 0.25) is 0 Å². The fourth-order valence-electron chi connectivity index (χ4n) is 2.02. The van der Waals surface area contributed by atoms with E-state index < -0.39 is 0 Å². The van der Waals surface area contributed by atoms with Gasteiger partial charge in [0.05, 0.1) is 6.61 Å². The molecule has 1 N–H and O–H groups in total. The summed E-state index contributed by atoms with van der Waals surface area (Å²) in [5, 5.41) is 9.34. The number of anilines is 1. The van der Waals surface area contributed by atoms with Gasteiger partial charge in [-0.15, -0.1) is 0 Å². The summed E-state index contributed by atoms with van der Waals surface area (Å²) < 4.78 is 13.6. The van der Waals surface area contributed by atoms with Crippen molar-refractivity contribution in [3.63, 3.8) is 0 Å². The average molecular weight is 260 g/mol. The molecule has 2 aromatic rings. The maximum absolute atomic E-state index is 13.6. The molecule has 0 fully saturated rings. The van der Waals surface area contributed by atoms with Crippen molar-refractivity contribution >= 4 is 5.69 Å². The molecule has 1 heterocycles. The second kappa shape index (κ2) is 5.80. The summed E-state index contributed by atoms with van der Waals surface area (Å²) in [6.45, 7) is 2.26. The van der Waals surface area contributed by atoms with E-state index >= 15 is 0 Å². The molecule has 0 unspecified atom stereocenters. The molecule has 0 saturated carbocycles. The number of halogens is 1. The molecular formula is C15H17FN2O. The van der Waals surface area contributed by atoms with Gasteiger partial charge in [0.25, 0.3) is 0 Å². The van der Waals surface area contributed by atoms with Gasteiger partial charge in [-0.3, -0.25) is 4.98 Å². The number of aliphatic hydroxyl groups is 1. The minimum Gasteiger partial charge on any atom is -0.392 e. The summed E-state index contributed by atoms with van der Waals surface area (Å²) in [7, 11) is 1.88. The molecule has 2 rings (SSSR count). The molecule has 1 aromatic carbocycles. The van der Waals surface area contributed by atoms with E-state index in [0.717, 1.165) is 16.9 Å². The van der Waals surface area contributed by atoms with Gasteiger partial charge in [0.15, 0.2) is 0 Å². The first kappa shape index (κ1) is 13.5. The van der Waals surface area contributed by atoms with Gasteiger partial charge >= 0.3 is 0 Å². The van der Waals surface area contributed by atoms with Crippen molar-refractivity contribution < 1.29 is 9.50 Å². The Labute approximate surface area is 112 Å². The quantitative estimate of drug-likeness (QED) is 0.918. The van der Waals surface area contributed by atoms with Crippen LogP contribution in [0.1, 0.15) is 16.8 Å². The maximum atomic E-state index is 13.6. The topological polar surface area (TPSA) is 36.4 Å². The van der Waals surface area contributed by atoms with Gasteiger partial charge < -0.3 is 10.0 Å². The van der Waals surface area contributed by atoms with E-state index in [1.54, 1.807) is 18.3 Å². The van der Waals surface area contributed by atoms with Gasteiger partial charge in [-0.25, -0.2) is 4.39 Å². The lowest BCUT2D eigenvalue weighted by molar-refractivity contribution is 0.281. The van der Waals surface area contributed by atoms with Crippen LogP contribution in [0.15, 0.2) is 36.5 Å². The van der Waals surface area contributed by atoms with Crippen LogP contribution in [0, 0.1) is 12.7 Å². The summed E-state index contributed by atoms with van der Waals surface area (Å²) in [6, 6.07) is 8.60. The first-order chi connectivity index (χ1) is 9.11. The molecule has 0 amide bonds. The first-order valence-electron chi connectivity index (χ1n) is 6.12. The maximum Gasteiger partial charge on any atom is 0.128 e. The lowest BCUT2D eigenvalue weighted by Gasteiger charge is -2.22. The highest BCUT2D eigenvalue weighted by Crippen LogP contribution is 2.22. The smallest absolute Gasteiger partial charge is 0.128 e. The number of hydrogen-bond acceptors (Lipinski definition) is 3. The Balaban J connectivity index is 2.27. The number of rotatable bonds is 4. The molecule has 1 aromatic heterocycles. The number of hydrogen-bond donors (Lipinski definition) is 1. The monoisotopic (exact) mass is 260 g/mol. The molecular weight excluding hydrogens is 243 g/mol. The van der Waals surface area contributed by atoms with Crippen LogP contribution >= 0.6 is 0 Å². The Morgan fingerprint density at radius 2 is 2.00 bits per heavy atom. The Bertz CT molecular complexity index is 572. The lowest BCUT2D eigenvalue weighted by Crippen LogP contribution is -2.19. The van der Waals surface area contributed by atoms with Crippen LogP contribution in [0.4, 0.5) is 10.1 Å². The van der Waals surface area contributed by atoms with Crippen molar-refractivity contribution in [1.82, 2.24) is 4.98 Å². The lowest BCUT2D eigenvalue weighted by atomic mass is 10.1. The van der Waals surface area contributed by atoms with Crippen molar-refractivity contribution in [3.8, 4) is 0 Å². The third kappa shape index (κ3) is 3.09. The van der Waals surface area contributed by atoms with Gasteiger partial charge in [-0.1, -0.05) is 18.2 Å². The summed E-state index contributed by atoms with van der Waals surface area (Å²) in [4.78, 5) is 6.07. The Morgan fingerprint density at radius 3 is 2.68 bits per heavy atom. The number of aryl methyl sites for hydroxylation is 1. The Hall–Kier alpha value is -1.94. The summed E-state index contributed by atoms with van der Waals surface area (Å²) in [5.74, 6) is -0.217. The van der Waals surface area contributed by atoms with Crippen molar-refractivity contribution in [1.29, 1.82) is 0 Å². The van der Waals surface area contributed by atoms with Gasteiger partial charge in [-0.2, -0.15) is 0 Å². The molecule has 0 aliphatic carbocycles. The molecule has 100 valence electrons. The highest BCUT2D eigenvalue weighted by Gasteiger charge is 2.10. The minimum absolute atomic E-state index is 0.0791. The van der Waals surface area contributed by atoms with Crippen molar-refractivity contribution in [2.45, 2.75) is 20.1 Å². The van der Waals surface area contributed by atoms with E-state index in [9.17, 15) is 9.50 Å². The standard InChI is InChI=1S/C15H17FN2O/c1-11-7-15(13(10-19)8-17-11)18(2)9-12-5-3-4-6-14(12)16/h3-8,19H,9-10H2,1-2H3. The zero-order chi connectivity index (χ0) is 13.8. The molecule has 19 heavy (non-hydrogen) atoms. The van der Waals surface area contributed by atoms with Crippen LogP contribution in [0.3, 0.4) is 0 Å². The Kier molecular flexibility index (Phi) is 4.12. The van der Waals surface area contributed by atoms with E-state index in [1.807, 2.05) is 31.0 Å². The summed E-state index contributed by atoms with van der Waals surface area (Å²) in [5.41, 5.74) is 3.11. The minimum atomic E-state index is -0.217. The van der Waals surface area contributed by atoms with Gasteiger partial charge in [-0.05, 0) is 19.1 Å². The Morgan fingerprint density at radius 1 is 1.26 bits per heavy atom. The van der Waals surface area contributed by atoms with Crippen LogP contribution in [0.5, 0.6) is 0 Å². The van der Waals surface area contributed by atoms with Crippen LogP contribution in [-0.4, -0.2) is 17.1 Å². The second-order valence-electron chi connectivity index (χ2n) is 4.56. The molecule has 0 aliphatic heterocycles. The summed E-state index contributed by atoms with van der Waals surface area (Å²) >= 11 is 0. The number of benzene rings is 1. The zero-order valence-electron chi connectivity index (χ0n) is 11.1. The normalized spacial score (nSPS) is 10.5. The predicted molar refractivity (Wildman–Crippen MR) is 73.4 cm³/mol. The fraction of sp³-hybridized carbons (Fsp3) is 0.267. The number of pyridine rings is 1. The molecule has 0 bridgehead atoms. The largest absolute Gasteiger partial charge is 0.392 e. The third-order valence-electron chi connectivity index (χ3n) is 3.05. The van der Waals surface area contributed by atoms with E-state index in [4.69, 9.17) is 0 Å². The third-order valence-corrected chi connectivity index (χ3v) is 3.05. The van der Waals surface area contributed by atoms with Crippen molar-refractivity contribution in [2.24, 2.45) is 0 Å². The van der Waals surface area contributed by atoms with E-state index in [0.29, 0.717) is 12.1 Å². The molecule has 4 heteroatoms. The summed E-state index contributed by atoms with van der Waals surface area (Å²) in [6.07, 6.45) is 1.66. The van der Waals surface area contributed by atoms with Gasteiger partial charge in [0, 0.05) is 42.3 Å². The second-order valence-corrected chi connectivity index (χ2v) is 4.56. The molecule has 3 nitrogen and oxygen atoms in total. The van der Waals surface area contributed by atoms with Gasteiger partial charge in [0.2, 0.25) is 0 Å². The number of aliphatic hydroxyl groups excluding tert-OH is 1. The number of nitrogens with zero attached hydrogens (tertiary/aromatic N) is 2. The van der Waals surface area contributed by atoms with Crippen LogP contribution < -0.4 is 4.90 Å². The highest BCUT2D eigenvalue weighted by molar-refractivity contribution is 5.53. The van der Waals surface area contributed by atoms with Gasteiger partial charge in [0.1, 0.15) is 5.82 Å². The van der Waals surface area contributed by atoms with Crippen LogP contribution in [-0.2, 0) is 13.2 Å². The van der Waals surface area contributed by atoms with E-state index in [1.165, 1.54) is 6.07 Å². The van der Waals surface area contributed by atoms with E-state index in [2.05, 4.69) is 4.98 Å². The molecule has 0 saturated heterocycles. The molecule has 0 atom stereocenters. The number of aromatic nitrogens is 1. The predicted octanol–water partition coefficient (Wildman–Crippen LogP) is 2.66. The zero-order valence-corrected chi connectivity index (χ0v) is 11.1. The average Bonchev–Trinajstić information content (AvgIpc) is 2.41. The van der Waals surface area contributed by atoms with Crippen molar-refractivity contribution in [2.75, 3.05) is 11.9 Å². The SMILES string of the molecule is Cc1cc(N(C)Cc2ccccc2F)c(CO)cn1. The highest BCUT2D eigenvalue weighted by atomic mass is 19.1.